The number of rotatable bonds is 3. The van der Waals surface area contributed by atoms with Gasteiger partial charge in [-0.2, -0.15) is 0 Å². The molecule has 3 heterocycles. The van der Waals surface area contributed by atoms with Gasteiger partial charge in [-0.05, 0) is 44.2 Å². The van der Waals surface area contributed by atoms with E-state index in [-0.39, 0.29) is 58.2 Å². The SMILES string of the molecule is O=C([O-])c1cn(C2CC2)c2c(F)c(N3CC4CCCNC4C3)c(F)cc2c1=O.[Na+]. The molecule has 0 spiro atoms. The maximum absolute atomic E-state index is 15.6. The van der Waals surface area contributed by atoms with Crippen molar-refractivity contribution in [2.24, 2.45) is 5.92 Å². The average molecular weight is 411 g/mol. The summed E-state index contributed by atoms with van der Waals surface area (Å²) in [7, 11) is 0. The van der Waals surface area contributed by atoms with E-state index in [1.54, 1.807) is 4.90 Å². The van der Waals surface area contributed by atoms with Crippen LogP contribution in [0.2, 0.25) is 0 Å². The molecule has 1 aromatic heterocycles. The second kappa shape index (κ2) is 7.65. The molecule has 1 aromatic carbocycles. The Bertz CT molecular complexity index is 1040. The Morgan fingerprint density at radius 2 is 1.97 bits per heavy atom. The van der Waals surface area contributed by atoms with Crippen molar-refractivity contribution in [3.8, 4) is 0 Å². The molecule has 2 saturated heterocycles. The first-order chi connectivity index (χ1) is 13.5. The smallest absolute Gasteiger partial charge is 0.545 e. The number of benzene rings is 1. The minimum atomic E-state index is -1.64. The standard InChI is InChI=1S/C20H21F2N3O3.Na/c21-14-6-12-17(25(11-3-4-11)8-13(19(12)26)20(27)28)16(22)18(14)24-7-10-2-1-5-23-15(10)9-24;/h6,8,10-11,15,23H,1-5,7,9H2,(H,27,28);/q;+1/p-1. The summed E-state index contributed by atoms with van der Waals surface area (Å²) in [5.41, 5.74) is -1.62. The number of aromatic carboxylic acids is 1. The monoisotopic (exact) mass is 411 g/mol. The Kier molecular flexibility index (Phi) is 5.48. The van der Waals surface area contributed by atoms with Crippen molar-refractivity contribution in [3.05, 3.63) is 39.7 Å². The number of piperidine rings is 1. The molecule has 3 fully saturated rings. The Morgan fingerprint density at radius 1 is 1.21 bits per heavy atom. The maximum atomic E-state index is 15.6. The molecular weight excluding hydrogens is 391 g/mol. The first kappa shape index (κ1) is 20.8. The largest absolute Gasteiger partial charge is 1.00 e. The number of fused-ring (bicyclic) bond motifs is 2. The zero-order chi connectivity index (χ0) is 19.6. The molecule has 0 amide bonds. The maximum Gasteiger partial charge on any atom is 1.00 e. The summed E-state index contributed by atoms with van der Waals surface area (Å²) in [6, 6.07) is 1.10. The van der Waals surface area contributed by atoms with E-state index in [2.05, 4.69) is 5.32 Å². The van der Waals surface area contributed by atoms with E-state index in [0.29, 0.717) is 19.0 Å². The molecule has 29 heavy (non-hydrogen) atoms. The van der Waals surface area contributed by atoms with Crippen LogP contribution in [0.5, 0.6) is 0 Å². The average Bonchev–Trinajstić information content (AvgIpc) is 3.41. The minimum absolute atomic E-state index is 0. The van der Waals surface area contributed by atoms with Gasteiger partial charge in [0, 0.05) is 31.4 Å². The molecule has 1 N–H and O–H groups in total. The number of nitrogens with one attached hydrogen (secondary N) is 1. The van der Waals surface area contributed by atoms with Crippen LogP contribution >= 0.6 is 0 Å². The van der Waals surface area contributed by atoms with Crippen molar-refractivity contribution in [1.29, 1.82) is 0 Å². The van der Waals surface area contributed by atoms with Crippen molar-refractivity contribution >= 4 is 22.6 Å². The first-order valence-corrected chi connectivity index (χ1v) is 9.72. The molecule has 1 aliphatic carbocycles. The fraction of sp³-hybridized carbons (Fsp3) is 0.500. The number of hydrogen-bond acceptors (Lipinski definition) is 5. The normalized spacial score (nSPS) is 23.7. The van der Waals surface area contributed by atoms with Crippen LogP contribution in [-0.2, 0) is 0 Å². The summed E-state index contributed by atoms with van der Waals surface area (Å²) in [5, 5.41) is 14.5. The molecule has 2 atom stereocenters. The van der Waals surface area contributed by atoms with E-state index >= 15 is 4.39 Å². The van der Waals surface area contributed by atoms with Gasteiger partial charge in [0.05, 0.1) is 22.4 Å². The van der Waals surface area contributed by atoms with E-state index < -0.39 is 28.6 Å². The van der Waals surface area contributed by atoms with E-state index in [4.69, 9.17) is 0 Å². The third kappa shape index (κ3) is 3.40. The summed E-state index contributed by atoms with van der Waals surface area (Å²) in [4.78, 5) is 25.6. The summed E-state index contributed by atoms with van der Waals surface area (Å²) < 4.78 is 32.0. The Balaban J connectivity index is 0.00000205. The Labute approximate surface area is 188 Å². The van der Waals surface area contributed by atoms with Gasteiger partial charge < -0.3 is 24.7 Å². The van der Waals surface area contributed by atoms with Crippen molar-refractivity contribution in [2.75, 3.05) is 24.5 Å². The molecule has 5 rings (SSSR count). The number of carbonyl (C=O) groups excluding carboxylic acids is 1. The number of pyridine rings is 1. The van der Waals surface area contributed by atoms with Gasteiger partial charge >= 0.3 is 29.6 Å². The topological polar surface area (TPSA) is 77.4 Å². The summed E-state index contributed by atoms with van der Waals surface area (Å²) in [6.07, 6.45) is 4.73. The number of hydrogen-bond donors (Lipinski definition) is 1. The molecule has 2 aliphatic heterocycles. The number of anilines is 1. The number of aromatic nitrogens is 1. The van der Waals surface area contributed by atoms with Crippen LogP contribution in [-0.4, -0.2) is 36.2 Å². The van der Waals surface area contributed by atoms with Crippen LogP contribution in [0.25, 0.3) is 10.9 Å². The number of carboxylic acids is 1. The minimum Gasteiger partial charge on any atom is -0.545 e. The van der Waals surface area contributed by atoms with Crippen molar-refractivity contribution in [1.82, 2.24) is 9.88 Å². The van der Waals surface area contributed by atoms with Gasteiger partial charge in [-0.25, -0.2) is 8.78 Å². The van der Waals surface area contributed by atoms with Gasteiger partial charge in [0.1, 0.15) is 11.5 Å². The second-order valence-corrected chi connectivity index (χ2v) is 8.08. The fourth-order valence-corrected chi connectivity index (χ4v) is 4.74. The van der Waals surface area contributed by atoms with Crippen LogP contribution in [0.1, 0.15) is 42.1 Å². The number of carbonyl (C=O) groups is 1. The molecule has 6 nitrogen and oxygen atoms in total. The molecular formula is C20H20F2N3NaO3. The number of nitrogens with zero attached hydrogens (tertiary/aromatic N) is 2. The molecule has 2 unspecified atom stereocenters. The molecule has 2 aromatic rings. The predicted octanol–water partition coefficient (Wildman–Crippen LogP) is -1.83. The van der Waals surface area contributed by atoms with Gasteiger partial charge in [0.2, 0.25) is 0 Å². The van der Waals surface area contributed by atoms with E-state index in [1.807, 2.05) is 0 Å². The van der Waals surface area contributed by atoms with Gasteiger partial charge in [-0.1, -0.05) is 0 Å². The third-order valence-corrected chi connectivity index (χ3v) is 6.26. The molecule has 9 heteroatoms. The van der Waals surface area contributed by atoms with Gasteiger partial charge in [-0.3, -0.25) is 4.79 Å². The van der Waals surface area contributed by atoms with Crippen LogP contribution < -0.4 is 50.3 Å². The van der Waals surface area contributed by atoms with Gasteiger partial charge in [0.25, 0.3) is 0 Å². The summed E-state index contributed by atoms with van der Waals surface area (Å²) in [5.74, 6) is -2.92. The van der Waals surface area contributed by atoms with E-state index in [1.165, 1.54) is 4.57 Å². The third-order valence-electron chi connectivity index (χ3n) is 6.26. The van der Waals surface area contributed by atoms with Crippen molar-refractivity contribution in [3.63, 3.8) is 0 Å². The van der Waals surface area contributed by atoms with Crippen LogP contribution in [0.15, 0.2) is 17.1 Å². The molecule has 0 radical (unpaired) electrons. The quantitative estimate of drug-likeness (QED) is 0.602. The molecule has 0 bridgehead atoms. The fourth-order valence-electron chi connectivity index (χ4n) is 4.74. The number of halogens is 2. The van der Waals surface area contributed by atoms with Crippen molar-refractivity contribution < 1.29 is 48.2 Å². The van der Waals surface area contributed by atoms with Gasteiger partial charge in [-0.15, -0.1) is 0 Å². The zero-order valence-electron chi connectivity index (χ0n) is 16.2. The first-order valence-electron chi connectivity index (χ1n) is 9.72. The molecule has 1 saturated carbocycles. The molecule has 3 aliphatic rings. The Morgan fingerprint density at radius 3 is 2.62 bits per heavy atom. The second-order valence-electron chi connectivity index (χ2n) is 8.08. The van der Waals surface area contributed by atoms with Crippen LogP contribution in [0, 0.1) is 17.6 Å². The van der Waals surface area contributed by atoms with E-state index in [0.717, 1.165) is 44.5 Å². The van der Waals surface area contributed by atoms with Gasteiger partial charge in [0.15, 0.2) is 11.2 Å². The predicted molar refractivity (Wildman–Crippen MR) is 97.5 cm³/mol. The van der Waals surface area contributed by atoms with Crippen molar-refractivity contribution in [2.45, 2.75) is 37.8 Å². The Hall–Kier alpha value is -1.48. The molecule has 148 valence electrons. The summed E-state index contributed by atoms with van der Waals surface area (Å²) >= 11 is 0. The van der Waals surface area contributed by atoms with Crippen LogP contribution in [0.4, 0.5) is 14.5 Å². The summed E-state index contributed by atoms with van der Waals surface area (Å²) in [6.45, 7) is 1.97. The zero-order valence-corrected chi connectivity index (χ0v) is 18.2. The number of carboxylic acid groups (broad SMARTS) is 1. The van der Waals surface area contributed by atoms with Crippen LogP contribution in [0.3, 0.4) is 0 Å². The van der Waals surface area contributed by atoms with E-state index in [9.17, 15) is 19.1 Å².